The number of H-pyrrole nitrogens is 1. The summed E-state index contributed by atoms with van der Waals surface area (Å²) in [6.07, 6.45) is -3.11. The van der Waals surface area contributed by atoms with Gasteiger partial charge in [0.1, 0.15) is 18.3 Å². The number of ether oxygens (including phenoxy) is 2. The van der Waals surface area contributed by atoms with Crippen LogP contribution in [0.15, 0.2) is 21.9 Å². The minimum atomic E-state index is -4.40. The maximum Gasteiger partial charge on any atom is 0.472 e. The Morgan fingerprint density at radius 3 is 2.67 bits per heavy atom. The second-order valence-electron chi connectivity index (χ2n) is 4.92. The van der Waals surface area contributed by atoms with Gasteiger partial charge in [0.25, 0.3) is 5.56 Å². The molecule has 5 atom stereocenters. The minimum absolute atomic E-state index is 0.0639. The Morgan fingerprint density at radius 2 is 2.12 bits per heavy atom. The third kappa shape index (κ3) is 4.01. The third-order valence-corrected chi connectivity index (χ3v) is 4.50. The van der Waals surface area contributed by atoms with Crippen molar-refractivity contribution in [2.45, 2.75) is 31.5 Å². The lowest BCUT2D eigenvalue weighted by Gasteiger charge is -2.24. The van der Waals surface area contributed by atoms with Gasteiger partial charge in [-0.25, -0.2) is 9.36 Å². The number of rotatable bonds is 7. The molecular weight excluding hydrogens is 347 g/mol. The Hall–Kier alpha value is -1.33. The van der Waals surface area contributed by atoms with Crippen molar-refractivity contribution in [3.8, 4) is 0 Å². The van der Waals surface area contributed by atoms with Crippen LogP contribution < -0.4 is 11.2 Å². The Balaban J connectivity index is 2.34. The SMILES string of the molecule is CCOP(=O)(O)O[C@H]1[C@@H](OC)[C@H](n2ccc(=O)[nH]c2=O)O[C@@H]1CO. The number of aromatic amines is 1. The van der Waals surface area contributed by atoms with Crippen LogP contribution in [0.4, 0.5) is 0 Å². The van der Waals surface area contributed by atoms with Gasteiger partial charge in [0, 0.05) is 19.4 Å². The predicted octanol–water partition coefficient (Wildman–Crippen LogP) is -1.04. The van der Waals surface area contributed by atoms with Crippen LogP contribution >= 0.6 is 7.82 Å². The Kier molecular flexibility index (Phi) is 6.10. The molecule has 1 aliphatic heterocycles. The van der Waals surface area contributed by atoms with E-state index >= 15 is 0 Å². The highest BCUT2D eigenvalue weighted by Gasteiger charge is 2.49. The molecule has 1 unspecified atom stereocenters. The molecule has 0 bridgehead atoms. The summed E-state index contributed by atoms with van der Waals surface area (Å²) < 4.78 is 33.3. The number of aliphatic hydroxyl groups is 1. The highest BCUT2D eigenvalue weighted by Crippen LogP contribution is 2.48. The van der Waals surface area contributed by atoms with E-state index in [2.05, 4.69) is 9.51 Å². The fraction of sp³-hybridized carbons (Fsp3) is 0.667. The lowest BCUT2D eigenvalue weighted by atomic mass is 10.1. The molecule has 0 aliphatic carbocycles. The summed E-state index contributed by atoms with van der Waals surface area (Å²) in [6, 6.07) is 1.11. The quantitative estimate of drug-likeness (QED) is 0.514. The van der Waals surface area contributed by atoms with Gasteiger partial charge in [0.05, 0.1) is 13.2 Å². The van der Waals surface area contributed by atoms with Gasteiger partial charge in [-0.2, -0.15) is 0 Å². The van der Waals surface area contributed by atoms with Crippen LogP contribution in [0.5, 0.6) is 0 Å². The van der Waals surface area contributed by atoms with E-state index in [0.717, 1.165) is 10.6 Å². The number of aromatic nitrogens is 2. The molecule has 3 N–H and O–H groups in total. The first-order chi connectivity index (χ1) is 11.3. The number of hydrogen-bond donors (Lipinski definition) is 3. The molecule has 0 aromatic carbocycles. The monoisotopic (exact) mass is 366 g/mol. The molecule has 1 aromatic rings. The summed E-state index contributed by atoms with van der Waals surface area (Å²) in [4.78, 5) is 34.8. The lowest BCUT2D eigenvalue weighted by molar-refractivity contribution is -0.0625. The lowest BCUT2D eigenvalue weighted by Crippen LogP contribution is -2.39. The smallest absolute Gasteiger partial charge is 0.394 e. The highest BCUT2D eigenvalue weighted by molar-refractivity contribution is 7.47. The number of phosphoric ester groups is 1. The molecule has 0 saturated carbocycles. The Morgan fingerprint density at radius 1 is 1.42 bits per heavy atom. The van der Waals surface area contributed by atoms with Gasteiger partial charge in [0.15, 0.2) is 6.23 Å². The number of methoxy groups -OCH3 is 1. The summed E-state index contributed by atoms with van der Waals surface area (Å²) in [7, 11) is -3.11. The van der Waals surface area contributed by atoms with Crippen molar-refractivity contribution in [1.82, 2.24) is 9.55 Å². The van der Waals surface area contributed by atoms with Crippen LogP contribution in [-0.4, -0.2) is 58.2 Å². The van der Waals surface area contributed by atoms with E-state index in [1.807, 2.05) is 0 Å². The minimum Gasteiger partial charge on any atom is -0.394 e. The molecule has 2 rings (SSSR count). The maximum absolute atomic E-state index is 11.9. The maximum atomic E-state index is 11.9. The molecule has 1 fully saturated rings. The molecule has 136 valence electrons. The number of hydrogen-bond acceptors (Lipinski definition) is 8. The van der Waals surface area contributed by atoms with Gasteiger partial charge in [-0.15, -0.1) is 0 Å². The number of nitrogens with one attached hydrogen (secondary N) is 1. The van der Waals surface area contributed by atoms with Gasteiger partial charge < -0.3 is 19.5 Å². The molecule has 0 amide bonds. The first kappa shape index (κ1) is 19.0. The van der Waals surface area contributed by atoms with Crippen LogP contribution in [0, 0.1) is 0 Å². The van der Waals surface area contributed by atoms with Crippen LogP contribution in [0.1, 0.15) is 13.2 Å². The summed E-state index contributed by atoms with van der Waals surface area (Å²) in [5.41, 5.74) is -1.35. The topological polar surface area (TPSA) is 149 Å². The fourth-order valence-corrected chi connectivity index (χ4v) is 3.38. The van der Waals surface area contributed by atoms with E-state index in [0.29, 0.717) is 0 Å². The second kappa shape index (κ2) is 7.70. The Bertz CT molecular complexity index is 717. The first-order valence-electron chi connectivity index (χ1n) is 7.09. The molecule has 0 radical (unpaired) electrons. The second-order valence-corrected chi connectivity index (χ2v) is 6.33. The summed E-state index contributed by atoms with van der Waals surface area (Å²) in [5.74, 6) is 0. The van der Waals surface area contributed by atoms with E-state index in [-0.39, 0.29) is 6.61 Å². The zero-order chi connectivity index (χ0) is 17.9. The van der Waals surface area contributed by atoms with E-state index in [4.69, 9.17) is 14.0 Å². The Labute approximate surface area is 136 Å². The molecular formula is C12H19N2O9P. The largest absolute Gasteiger partial charge is 0.472 e. The fourth-order valence-electron chi connectivity index (χ4n) is 2.43. The third-order valence-electron chi connectivity index (χ3n) is 3.41. The zero-order valence-electron chi connectivity index (χ0n) is 13.0. The first-order valence-corrected chi connectivity index (χ1v) is 8.58. The number of phosphoric acid groups is 1. The summed E-state index contributed by atoms with van der Waals surface area (Å²) in [6.45, 7) is 0.897. The zero-order valence-corrected chi connectivity index (χ0v) is 13.9. The average molecular weight is 366 g/mol. The highest BCUT2D eigenvalue weighted by atomic mass is 31.2. The summed E-state index contributed by atoms with van der Waals surface area (Å²) >= 11 is 0. The van der Waals surface area contributed by atoms with E-state index in [1.54, 1.807) is 0 Å². The molecule has 0 spiro atoms. The number of aliphatic hydroxyl groups excluding tert-OH is 1. The normalized spacial score (nSPS) is 29.5. The summed E-state index contributed by atoms with van der Waals surface area (Å²) in [5, 5.41) is 9.44. The van der Waals surface area contributed by atoms with E-state index in [9.17, 15) is 24.2 Å². The van der Waals surface area contributed by atoms with Crippen LogP contribution in [0.25, 0.3) is 0 Å². The predicted molar refractivity (Wildman–Crippen MR) is 79.4 cm³/mol. The molecule has 12 heteroatoms. The molecule has 1 aliphatic rings. The van der Waals surface area contributed by atoms with Crippen LogP contribution in [0.3, 0.4) is 0 Å². The number of nitrogens with zero attached hydrogens (tertiary/aromatic N) is 1. The van der Waals surface area contributed by atoms with Crippen molar-refractivity contribution in [2.75, 3.05) is 20.3 Å². The van der Waals surface area contributed by atoms with Gasteiger partial charge >= 0.3 is 13.5 Å². The van der Waals surface area contributed by atoms with Crippen LogP contribution in [-0.2, 0) is 23.1 Å². The van der Waals surface area contributed by atoms with Gasteiger partial charge in [0.2, 0.25) is 0 Å². The van der Waals surface area contributed by atoms with Gasteiger partial charge in [-0.1, -0.05) is 0 Å². The van der Waals surface area contributed by atoms with Crippen molar-refractivity contribution in [3.05, 3.63) is 33.1 Å². The molecule has 11 nitrogen and oxygen atoms in total. The van der Waals surface area contributed by atoms with Crippen LogP contribution in [0.2, 0.25) is 0 Å². The van der Waals surface area contributed by atoms with E-state index in [1.165, 1.54) is 20.2 Å². The van der Waals surface area contributed by atoms with Crippen molar-refractivity contribution < 1.29 is 33.1 Å². The van der Waals surface area contributed by atoms with E-state index < -0.39 is 50.2 Å². The van der Waals surface area contributed by atoms with Crippen molar-refractivity contribution >= 4 is 7.82 Å². The molecule has 1 saturated heterocycles. The van der Waals surface area contributed by atoms with Crippen molar-refractivity contribution in [2.24, 2.45) is 0 Å². The molecule has 1 aromatic heterocycles. The molecule has 24 heavy (non-hydrogen) atoms. The van der Waals surface area contributed by atoms with Crippen molar-refractivity contribution in [1.29, 1.82) is 0 Å². The van der Waals surface area contributed by atoms with Gasteiger partial charge in [-0.05, 0) is 6.92 Å². The average Bonchev–Trinajstić information content (AvgIpc) is 2.83. The standard InChI is InChI=1S/C12H19N2O9P/c1-3-21-24(18,19)23-9-7(6-15)22-11(10(9)20-2)14-5-4-8(16)13-12(14)17/h4-5,7,9-11,15H,3,6H2,1-2H3,(H,18,19)(H,13,16,17)/t7-,9-,10-,11-/m1/s1. The molecule has 2 heterocycles. The van der Waals surface area contributed by atoms with Crippen molar-refractivity contribution in [3.63, 3.8) is 0 Å². The van der Waals surface area contributed by atoms with Gasteiger partial charge in [-0.3, -0.25) is 23.4 Å².